The summed E-state index contributed by atoms with van der Waals surface area (Å²) in [5.74, 6) is -1.41. The zero-order valence-corrected chi connectivity index (χ0v) is 19.6. The Labute approximate surface area is 197 Å². The summed E-state index contributed by atoms with van der Waals surface area (Å²) in [4.78, 5) is 37.3. The highest BCUT2D eigenvalue weighted by Crippen LogP contribution is 2.26. The largest absolute Gasteiger partial charge is 0.344 e. The highest BCUT2D eigenvalue weighted by molar-refractivity contribution is 7.92. The van der Waals surface area contributed by atoms with Gasteiger partial charge < -0.3 is 5.32 Å². The Bertz CT molecular complexity index is 1220. The van der Waals surface area contributed by atoms with Crippen LogP contribution in [-0.2, 0) is 14.8 Å². The van der Waals surface area contributed by atoms with Crippen LogP contribution in [0.3, 0.4) is 0 Å². The molecule has 0 unspecified atom stereocenters. The maximum absolute atomic E-state index is 13.3. The molecule has 0 aliphatic carbocycles. The number of halogens is 1. The lowest BCUT2D eigenvalue weighted by atomic mass is 10.00. The number of nitrogens with one attached hydrogen (secondary N) is 2. The van der Waals surface area contributed by atoms with Crippen molar-refractivity contribution in [3.8, 4) is 0 Å². The fourth-order valence-corrected chi connectivity index (χ4v) is 4.79. The summed E-state index contributed by atoms with van der Waals surface area (Å²) in [6, 6.07) is 10.8. The molecule has 0 spiro atoms. The molecule has 1 fully saturated rings. The van der Waals surface area contributed by atoms with Crippen molar-refractivity contribution in [3.05, 3.63) is 71.8 Å². The van der Waals surface area contributed by atoms with Gasteiger partial charge in [-0.2, -0.15) is 5.01 Å². The lowest BCUT2D eigenvalue weighted by Gasteiger charge is -2.23. The van der Waals surface area contributed by atoms with Gasteiger partial charge in [0.25, 0.3) is 21.8 Å². The van der Waals surface area contributed by atoms with E-state index in [-0.39, 0.29) is 17.0 Å². The lowest BCUT2D eigenvalue weighted by molar-refractivity contribution is -0.132. The van der Waals surface area contributed by atoms with Crippen LogP contribution in [0.15, 0.2) is 66.1 Å². The summed E-state index contributed by atoms with van der Waals surface area (Å²) in [6.07, 6.45) is 1.77. The van der Waals surface area contributed by atoms with E-state index in [1.54, 1.807) is 38.1 Å². The number of sulfonamides is 1. The molecule has 9 nitrogen and oxygen atoms in total. The molecule has 1 atom stereocenters. The van der Waals surface area contributed by atoms with Crippen LogP contribution in [0.4, 0.5) is 10.5 Å². The third-order valence-corrected chi connectivity index (χ3v) is 7.32. The average Bonchev–Trinajstić information content (AvgIpc) is 3.01. The van der Waals surface area contributed by atoms with E-state index < -0.39 is 33.4 Å². The van der Waals surface area contributed by atoms with E-state index >= 15 is 0 Å². The number of benzene rings is 2. The standard InChI is InChI=1S/C22H23ClN4O5S/c1-4-13-26(17-11-9-16(23)10-12-17)33(31,32)18-8-6-7-15(14-18)19(28)25-27-20(29)22(3,5-2)24-21(27)30/h4,6-12,14H,1,5,13H2,2-3H3,(H,24,30)(H,25,28)/t22-/m0/s1. The van der Waals surface area contributed by atoms with E-state index in [2.05, 4.69) is 17.3 Å². The number of imide groups is 1. The Morgan fingerprint density at radius 2 is 1.91 bits per heavy atom. The Morgan fingerprint density at radius 3 is 2.48 bits per heavy atom. The molecule has 0 saturated carbocycles. The van der Waals surface area contributed by atoms with Crippen molar-refractivity contribution in [1.82, 2.24) is 15.8 Å². The van der Waals surface area contributed by atoms with E-state index in [4.69, 9.17) is 11.6 Å². The first-order valence-corrected chi connectivity index (χ1v) is 11.8. The number of hydrogen-bond donors (Lipinski definition) is 2. The molecule has 11 heteroatoms. The number of carbonyl (C=O) groups excluding carboxylic acids is 3. The van der Waals surface area contributed by atoms with Crippen molar-refractivity contribution >= 4 is 45.2 Å². The van der Waals surface area contributed by atoms with Gasteiger partial charge in [-0.25, -0.2) is 13.2 Å². The lowest BCUT2D eigenvalue weighted by Crippen LogP contribution is -2.48. The summed E-state index contributed by atoms with van der Waals surface area (Å²) in [6.45, 7) is 6.88. The van der Waals surface area contributed by atoms with E-state index in [0.29, 0.717) is 22.1 Å². The van der Waals surface area contributed by atoms with Crippen molar-refractivity contribution < 1.29 is 22.8 Å². The van der Waals surface area contributed by atoms with Gasteiger partial charge in [-0.15, -0.1) is 6.58 Å². The van der Waals surface area contributed by atoms with Gasteiger partial charge in [-0.1, -0.05) is 30.7 Å². The minimum absolute atomic E-state index is 0.0154. The number of hydrogen-bond acceptors (Lipinski definition) is 5. The van der Waals surface area contributed by atoms with Gasteiger partial charge in [0, 0.05) is 10.6 Å². The Morgan fingerprint density at radius 1 is 1.24 bits per heavy atom. The van der Waals surface area contributed by atoms with Crippen LogP contribution in [0.1, 0.15) is 30.6 Å². The zero-order chi connectivity index (χ0) is 24.4. The SMILES string of the molecule is C=CCN(c1ccc(Cl)cc1)S(=O)(=O)c1cccc(C(=O)NN2C(=O)N[C@@](C)(CC)C2=O)c1. The fraction of sp³-hybridized carbons (Fsp3) is 0.227. The minimum atomic E-state index is -4.08. The fourth-order valence-electron chi connectivity index (χ4n) is 3.18. The Hall–Kier alpha value is -3.37. The van der Waals surface area contributed by atoms with Crippen molar-refractivity contribution in [1.29, 1.82) is 0 Å². The molecule has 3 rings (SSSR count). The summed E-state index contributed by atoms with van der Waals surface area (Å²) < 4.78 is 27.8. The normalized spacial score (nSPS) is 18.1. The molecule has 33 heavy (non-hydrogen) atoms. The molecule has 1 aliphatic rings. The van der Waals surface area contributed by atoms with E-state index in [1.807, 2.05) is 0 Å². The van der Waals surface area contributed by atoms with Crippen LogP contribution in [0.5, 0.6) is 0 Å². The quantitative estimate of drug-likeness (QED) is 0.435. The highest BCUT2D eigenvalue weighted by atomic mass is 35.5. The van der Waals surface area contributed by atoms with Gasteiger partial charge in [0.2, 0.25) is 0 Å². The highest BCUT2D eigenvalue weighted by Gasteiger charge is 2.47. The average molecular weight is 491 g/mol. The van der Waals surface area contributed by atoms with Crippen LogP contribution >= 0.6 is 11.6 Å². The number of amides is 4. The second kappa shape index (κ2) is 9.24. The third-order valence-electron chi connectivity index (χ3n) is 5.28. The molecule has 0 bridgehead atoms. The molecule has 1 aliphatic heterocycles. The van der Waals surface area contributed by atoms with Gasteiger partial charge >= 0.3 is 6.03 Å². The smallest absolute Gasteiger partial charge is 0.322 e. The molecule has 174 valence electrons. The molecule has 0 aromatic heterocycles. The van der Waals surface area contributed by atoms with Crippen molar-refractivity contribution in [3.63, 3.8) is 0 Å². The molecule has 2 N–H and O–H groups in total. The molecule has 1 saturated heterocycles. The monoisotopic (exact) mass is 490 g/mol. The van der Waals surface area contributed by atoms with Crippen LogP contribution in [0.25, 0.3) is 0 Å². The number of urea groups is 1. The predicted octanol–water partition coefficient (Wildman–Crippen LogP) is 3.09. The van der Waals surface area contributed by atoms with Crippen molar-refractivity contribution in [2.24, 2.45) is 0 Å². The van der Waals surface area contributed by atoms with E-state index in [0.717, 1.165) is 4.31 Å². The Kier molecular flexibility index (Phi) is 6.80. The second-order valence-electron chi connectivity index (χ2n) is 7.53. The minimum Gasteiger partial charge on any atom is -0.322 e. The Balaban J connectivity index is 1.89. The first-order chi connectivity index (χ1) is 15.5. The second-order valence-corrected chi connectivity index (χ2v) is 9.83. The molecular formula is C22H23ClN4O5S. The topological polar surface area (TPSA) is 116 Å². The third kappa shape index (κ3) is 4.71. The summed E-state index contributed by atoms with van der Waals surface area (Å²) in [7, 11) is -4.08. The van der Waals surface area contributed by atoms with Gasteiger partial charge in [0.15, 0.2) is 0 Å². The first-order valence-electron chi connectivity index (χ1n) is 10.0. The molecule has 2 aromatic carbocycles. The zero-order valence-electron chi connectivity index (χ0n) is 18.0. The van der Waals surface area contributed by atoms with Gasteiger partial charge in [-0.3, -0.25) is 19.3 Å². The van der Waals surface area contributed by atoms with Crippen LogP contribution < -0.4 is 15.0 Å². The maximum atomic E-state index is 13.3. The summed E-state index contributed by atoms with van der Waals surface area (Å²) >= 11 is 5.91. The summed E-state index contributed by atoms with van der Waals surface area (Å²) in [5, 5.41) is 3.58. The van der Waals surface area contributed by atoms with Crippen LogP contribution in [-0.4, -0.2) is 43.4 Å². The van der Waals surface area contributed by atoms with Crippen LogP contribution in [0.2, 0.25) is 5.02 Å². The number of rotatable bonds is 8. The number of nitrogens with zero attached hydrogens (tertiary/aromatic N) is 2. The van der Waals surface area contributed by atoms with Crippen molar-refractivity contribution in [2.75, 3.05) is 10.8 Å². The molecule has 0 radical (unpaired) electrons. The molecule has 4 amide bonds. The van der Waals surface area contributed by atoms with Crippen molar-refractivity contribution in [2.45, 2.75) is 30.7 Å². The van der Waals surface area contributed by atoms with Gasteiger partial charge in [0.05, 0.1) is 17.1 Å². The summed E-state index contributed by atoms with van der Waals surface area (Å²) in [5.41, 5.74) is 1.45. The van der Waals surface area contributed by atoms with E-state index in [9.17, 15) is 22.8 Å². The number of carbonyl (C=O) groups is 3. The molecule has 2 aromatic rings. The molecule has 1 heterocycles. The maximum Gasteiger partial charge on any atom is 0.344 e. The number of anilines is 1. The molecular weight excluding hydrogens is 468 g/mol. The van der Waals surface area contributed by atoms with Gasteiger partial charge in [-0.05, 0) is 55.8 Å². The number of hydrazine groups is 1. The predicted molar refractivity (Wildman–Crippen MR) is 124 cm³/mol. The van der Waals surface area contributed by atoms with Gasteiger partial charge in [0.1, 0.15) is 5.54 Å². The van der Waals surface area contributed by atoms with Crippen LogP contribution in [0, 0.1) is 0 Å². The first kappa shape index (κ1) is 24.3. The van der Waals surface area contributed by atoms with E-state index in [1.165, 1.54) is 30.3 Å².